The number of aromatic nitrogens is 2. The summed E-state index contributed by atoms with van der Waals surface area (Å²) in [4.78, 5) is 12.8. The summed E-state index contributed by atoms with van der Waals surface area (Å²) in [5, 5.41) is 11.9. The first-order valence-electron chi connectivity index (χ1n) is 9.14. The van der Waals surface area contributed by atoms with Crippen molar-refractivity contribution >= 4 is 49.7 Å². The number of amides is 1. The number of carbonyl (C=O) groups is 1. The lowest BCUT2D eigenvalue weighted by molar-refractivity contribution is -0.116. The molecule has 8 nitrogen and oxygen atoms in total. The van der Waals surface area contributed by atoms with Crippen molar-refractivity contribution < 1.29 is 17.9 Å². The normalized spacial score (nSPS) is 12.3. The Morgan fingerprint density at radius 1 is 1.19 bits per heavy atom. The molecular weight excluding hydrogens is 460 g/mol. The van der Waals surface area contributed by atoms with Crippen molar-refractivity contribution in [2.45, 2.75) is 19.9 Å². The summed E-state index contributed by atoms with van der Waals surface area (Å²) >= 11 is 7.34. The Morgan fingerprint density at radius 2 is 1.87 bits per heavy atom. The minimum atomic E-state index is -3.79. The van der Waals surface area contributed by atoms with Crippen molar-refractivity contribution in [3.63, 3.8) is 0 Å². The van der Waals surface area contributed by atoms with Crippen LogP contribution in [0, 0.1) is 6.92 Å². The maximum absolute atomic E-state index is 12.8. The van der Waals surface area contributed by atoms with Crippen LogP contribution in [0.25, 0.3) is 10.6 Å². The summed E-state index contributed by atoms with van der Waals surface area (Å²) < 4.78 is 31.0. The number of aryl methyl sites for hydroxylation is 1. The molecule has 1 aromatic heterocycles. The van der Waals surface area contributed by atoms with E-state index in [1.807, 2.05) is 31.2 Å². The van der Waals surface area contributed by atoms with Gasteiger partial charge in [-0.2, -0.15) is 0 Å². The van der Waals surface area contributed by atoms with Gasteiger partial charge in [0, 0.05) is 5.56 Å². The molecule has 0 bridgehead atoms. The first-order chi connectivity index (χ1) is 14.6. The molecule has 11 heteroatoms. The predicted octanol–water partition coefficient (Wildman–Crippen LogP) is 3.97. The summed E-state index contributed by atoms with van der Waals surface area (Å²) in [6.45, 7) is 3.47. The van der Waals surface area contributed by atoms with Crippen LogP contribution in [0.3, 0.4) is 0 Å². The summed E-state index contributed by atoms with van der Waals surface area (Å²) in [5.41, 5.74) is 2.24. The summed E-state index contributed by atoms with van der Waals surface area (Å²) in [5.74, 6) is -0.155. The van der Waals surface area contributed by atoms with Gasteiger partial charge in [-0.15, -0.1) is 10.2 Å². The number of hydrogen-bond acceptors (Lipinski definition) is 7. The molecule has 1 amide bonds. The van der Waals surface area contributed by atoms with Crippen LogP contribution in [0.1, 0.15) is 12.5 Å². The lowest BCUT2D eigenvalue weighted by Crippen LogP contribution is -2.45. The number of rotatable bonds is 7. The smallest absolute Gasteiger partial charge is 0.249 e. The lowest BCUT2D eigenvalue weighted by Gasteiger charge is -2.28. The van der Waals surface area contributed by atoms with E-state index in [2.05, 4.69) is 15.5 Å². The fourth-order valence-electron chi connectivity index (χ4n) is 2.90. The highest BCUT2D eigenvalue weighted by atomic mass is 35.5. The van der Waals surface area contributed by atoms with E-state index in [0.29, 0.717) is 10.8 Å². The molecule has 0 spiro atoms. The van der Waals surface area contributed by atoms with Crippen LogP contribution in [0.15, 0.2) is 42.5 Å². The molecule has 0 fully saturated rings. The molecule has 2 aromatic carbocycles. The van der Waals surface area contributed by atoms with Crippen LogP contribution < -0.4 is 14.4 Å². The molecule has 0 radical (unpaired) electrons. The number of nitrogens with one attached hydrogen (secondary N) is 1. The average Bonchev–Trinajstić information content (AvgIpc) is 3.16. The number of nitrogens with zero attached hydrogens (tertiary/aromatic N) is 3. The Hall–Kier alpha value is -2.69. The Morgan fingerprint density at radius 3 is 2.45 bits per heavy atom. The van der Waals surface area contributed by atoms with Crippen LogP contribution in [0.5, 0.6) is 5.75 Å². The zero-order valence-corrected chi connectivity index (χ0v) is 19.7. The fourth-order valence-corrected chi connectivity index (χ4v) is 5.07. The number of ether oxygens (including phenoxy) is 1. The van der Waals surface area contributed by atoms with E-state index in [0.717, 1.165) is 21.7 Å². The molecule has 1 heterocycles. The second-order valence-corrected chi connectivity index (χ2v) is 10.1. The van der Waals surface area contributed by atoms with E-state index in [1.54, 1.807) is 6.07 Å². The van der Waals surface area contributed by atoms with Gasteiger partial charge in [-0.25, -0.2) is 8.42 Å². The molecule has 0 aliphatic carbocycles. The first-order valence-corrected chi connectivity index (χ1v) is 12.2. The molecule has 3 rings (SSSR count). The van der Waals surface area contributed by atoms with Gasteiger partial charge in [0.05, 0.1) is 24.1 Å². The van der Waals surface area contributed by atoms with E-state index in [9.17, 15) is 13.2 Å². The van der Waals surface area contributed by atoms with E-state index >= 15 is 0 Å². The highest BCUT2D eigenvalue weighted by molar-refractivity contribution is 7.92. The zero-order chi connectivity index (χ0) is 22.8. The number of anilines is 2. The Kier molecular flexibility index (Phi) is 6.83. The van der Waals surface area contributed by atoms with Gasteiger partial charge in [0.25, 0.3) is 0 Å². The molecule has 1 N–H and O–H groups in total. The highest BCUT2D eigenvalue weighted by Gasteiger charge is 2.30. The molecule has 31 heavy (non-hydrogen) atoms. The van der Waals surface area contributed by atoms with Crippen LogP contribution in [-0.2, 0) is 14.8 Å². The highest BCUT2D eigenvalue weighted by Crippen LogP contribution is 2.32. The Bertz CT molecular complexity index is 1200. The third-order valence-corrected chi connectivity index (χ3v) is 6.86. The quantitative estimate of drug-likeness (QED) is 0.549. The minimum Gasteiger partial charge on any atom is -0.495 e. The number of sulfonamides is 1. The standard InChI is InChI=1S/C20H21ClN4O4S2/c1-12-5-7-14(8-6-12)19-23-24-20(30-19)22-18(26)13(2)25(31(4,27)28)15-9-10-17(29-3)16(21)11-15/h5-11,13H,1-4H3,(H,22,24,26)/t13-/m0/s1. The van der Waals surface area contributed by atoms with Crippen molar-refractivity contribution in [1.29, 1.82) is 0 Å². The van der Waals surface area contributed by atoms with Crippen molar-refractivity contribution in [3.05, 3.63) is 53.1 Å². The molecule has 0 aliphatic heterocycles. The number of benzene rings is 2. The second-order valence-electron chi connectivity index (χ2n) is 6.82. The van der Waals surface area contributed by atoms with Gasteiger partial charge in [-0.1, -0.05) is 52.8 Å². The maximum atomic E-state index is 12.8. The summed E-state index contributed by atoms with van der Waals surface area (Å²) in [6.07, 6.45) is 1.02. The third-order valence-electron chi connectivity index (χ3n) is 4.43. The first kappa shape index (κ1) is 23.0. The minimum absolute atomic E-state index is 0.230. The lowest BCUT2D eigenvalue weighted by atomic mass is 10.2. The predicted molar refractivity (Wildman–Crippen MR) is 124 cm³/mol. The van der Waals surface area contributed by atoms with Gasteiger partial charge < -0.3 is 4.74 Å². The van der Waals surface area contributed by atoms with E-state index < -0.39 is 22.0 Å². The number of halogens is 1. The van der Waals surface area contributed by atoms with Gasteiger partial charge in [-0.05, 0) is 32.0 Å². The van der Waals surface area contributed by atoms with Crippen LogP contribution in [-0.4, -0.2) is 43.9 Å². The molecular formula is C20H21ClN4O4S2. The van der Waals surface area contributed by atoms with Gasteiger partial charge in [0.2, 0.25) is 21.1 Å². The molecule has 164 valence electrons. The topological polar surface area (TPSA) is 101 Å². The number of methoxy groups -OCH3 is 1. The molecule has 3 aromatic rings. The Labute approximate surface area is 189 Å². The fraction of sp³-hybridized carbons (Fsp3) is 0.250. The number of carbonyl (C=O) groups excluding carboxylic acids is 1. The Balaban J connectivity index is 1.82. The zero-order valence-electron chi connectivity index (χ0n) is 17.3. The van der Waals surface area contributed by atoms with Gasteiger partial charge in [0.1, 0.15) is 16.8 Å². The van der Waals surface area contributed by atoms with Crippen LogP contribution >= 0.6 is 22.9 Å². The largest absolute Gasteiger partial charge is 0.495 e. The maximum Gasteiger partial charge on any atom is 0.249 e. The number of hydrogen-bond donors (Lipinski definition) is 1. The van der Waals surface area contributed by atoms with E-state index in [1.165, 1.54) is 37.5 Å². The van der Waals surface area contributed by atoms with Crippen molar-refractivity contribution in [2.24, 2.45) is 0 Å². The average molecular weight is 481 g/mol. The monoisotopic (exact) mass is 480 g/mol. The molecule has 0 saturated heterocycles. The molecule has 0 saturated carbocycles. The van der Waals surface area contributed by atoms with Gasteiger partial charge >= 0.3 is 0 Å². The summed E-state index contributed by atoms with van der Waals surface area (Å²) in [7, 11) is -2.34. The van der Waals surface area contributed by atoms with E-state index in [4.69, 9.17) is 16.3 Å². The van der Waals surface area contributed by atoms with Crippen molar-refractivity contribution in [3.8, 4) is 16.3 Å². The van der Waals surface area contributed by atoms with Crippen molar-refractivity contribution in [2.75, 3.05) is 23.0 Å². The molecule has 1 atom stereocenters. The summed E-state index contributed by atoms with van der Waals surface area (Å²) in [6, 6.07) is 11.2. The van der Waals surface area contributed by atoms with Crippen LogP contribution in [0.4, 0.5) is 10.8 Å². The van der Waals surface area contributed by atoms with Gasteiger partial charge in [0.15, 0.2) is 0 Å². The molecule has 0 aliphatic rings. The van der Waals surface area contributed by atoms with E-state index in [-0.39, 0.29) is 15.8 Å². The SMILES string of the molecule is COc1ccc(N([C@@H](C)C(=O)Nc2nnc(-c3ccc(C)cc3)s2)S(C)(=O)=O)cc1Cl. The van der Waals surface area contributed by atoms with Crippen LogP contribution in [0.2, 0.25) is 5.02 Å². The van der Waals surface area contributed by atoms with Crippen molar-refractivity contribution in [1.82, 2.24) is 10.2 Å². The van der Waals surface area contributed by atoms with Gasteiger partial charge in [-0.3, -0.25) is 14.4 Å². The third kappa shape index (κ3) is 5.33. The molecule has 0 unspecified atom stereocenters. The second kappa shape index (κ2) is 9.21.